The van der Waals surface area contributed by atoms with Crippen LogP contribution < -0.4 is 5.32 Å². The van der Waals surface area contributed by atoms with Gasteiger partial charge in [0, 0.05) is 11.4 Å². The minimum Gasteiger partial charge on any atom is -0.355 e. The van der Waals surface area contributed by atoms with E-state index in [1.54, 1.807) is 0 Å². The van der Waals surface area contributed by atoms with Crippen LogP contribution in [0.1, 0.15) is 39.8 Å². The quantitative estimate of drug-likeness (QED) is 0.244. The van der Waals surface area contributed by atoms with Crippen molar-refractivity contribution in [3.05, 3.63) is 161 Å². The highest BCUT2D eigenvalue weighted by atomic mass is 14.9. The Morgan fingerprint density at radius 1 is 0.550 bits per heavy atom. The monoisotopic (exact) mass is 509 g/mol. The molecule has 1 nitrogen and oxygen atoms in total. The minimum absolute atomic E-state index is 0.317. The molecule has 40 heavy (non-hydrogen) atoms. The van der Waals surface area contributed by atoms with Crippen LogP contribution in [0.2, 0.25) is 0 Å². The lowest BCUT2D eigenvalue weighted by Gasteiger charge is -2.30. The van der Waals surface area contributed by atoms with E-state index in [-0.39, 0.29) is 5.41 Å². The van der Waals surface area contributed by atoms with Gasteiger partial charge in [-0.05, 0) is 97.4 Å². The van der Waals surface area contributed by atoms with Gasteiger partial charge in [0.1, 0.15) is 0 Å². The van der Waals surface area contributed by atoms with Gasteiger partial charge in [0.25, 0.3) is 0 Å². The molecular formula is C39H27N. The van der Waals surface area contributed by atoms with Crippen molar-refractivity contribution in [1.29, 1.82) is 0 Å². The predicted molar refractivity (Wildman–Crippen MR) is 167 cm³/mol. The predicted octanol–water partition coefficient (Wildman–Crippen LogP) is 9.89. The molecule has 0 atom stereocenters. The summed E-state index contributed by atoms with van der Waals surface area (Å²) in [6.45, 7) is 0. The Morgan fingerprint density at radius 3 is 1.85 bits per heavy atom. The summed E-state index contributed by atoms with van der Waals surface area (Å²) in [4.78, 5) is 0. The summed E-state index contributed by atoms with van der Waals surface area (Å²) in [5.74, 6) is 0. The molecule has 0 saturated heterocycles. The van der Waals surface area contributed by atoms with Crippen molar-refractivity contribution >= 4 is 28.2 Å². The second kappa shape index (κ2) is 8.07. The number of rotatable bonds is 2. The smallest absolute Gasteiger partial charge is 0.0726 e. The van der Waals surface area contributed by atoms with Crippen LogP contribution in [0.3, 0.4) is 0 Å². The lowest BCUT2D eigenvalue weighted by Crippen LogP contribution is -2.25. The summed E-state index contributed by atoms with van der Waals surface area (Å²) in [7, 11) is 0. The van der Waals surface area contributed by atoms with Crippen molar-refractivity contribution in [3.8, 4) is 22.3 Å². The molecule has 1 heteroatoms. The van der Waals surface area contributed by atoms with E-state index >= 15 is 0 Å². The second-order valence-corrected chi connectivity index (χ2v) is 11.3. The fourth-order valence-electron chi connectivity index (χ4n) is 7.75. The van der Waals surface area contributed by atoms with Gasteiger partial charge >= 0.3 is 0 Å². The van der Waals surface area contributed by atoms with E-state index < -0.39 is 0 Å². The van der Waals surface area contributed by atoms with E-state index in [0.29, 0.717) is 0 Å². The second-order valence-electron chi connectivity index (χ2n) is 11.3. The van der Waals surface area contributed by atoms with Crippen molar-refractivity contribution < 1.29 is 0 Å². The number of hydrogen-bond acceptors (Lipinski definition) is 1. The largest absolute Gasteiger partial charge is 0.355 e. The Bertz CT molecular complexity index is 1980. The first-order valence-electron chi connectivity index (χ1n) is 14.3. The summed E-state index contributed by atoms with van der Waals surface area (Å²) in [6.07, 6.45) is 6.76. The normalized spacial score (nSPS) is 14.9. The highest BCUT2D eigenvalue weighted by molar-refractivity contribution is 5.98. The van der Waals surface area contributed by atoms with Crippen molar-refractivity contribution in [2.24, 2.45) is 0 Å². The first-order chi connectivity index (χ1) is 19.8. The molecule has 6 aromatic carbocycles. The molecule has 0 aromatic heterocycles. The molecule has 3 aliphatic carbocycles. The fraction of sp³-hybridized carbons (Fsp3) is 0.0769. The van der Waals surface area contributed by atoms with E-state index in [9.17, 15) is 0 Å². The average Bonchev–Trinajstić information content (AvgIpc) is 3.48. The molecule has 0 fully saturated rings. The molecule has 1 spiro atoms. The van der Waals surface area contributed by atoms with Gasteiger partial charge in [-0.1, -0.05) is 115 Å². The van der Waals surface area contributed by atoms with E-state index in [1.807, 2.05) is 0 Å². The van der Waals surface area contributed by atoms with Gasteiger partial charge in [-0.15, -0.1) is 0 Å². The maximum absolute atomic E-state index is 3.90. The van der Waals surface area contributed by atoms with E-state index in [4.69, 9.17) is 0 Å². The molecule has 0 bridgehead atoms. The molecule has 0 aliphatic heterocycles. The number of hydrogen-bond donors (Lipinski definition) is 1. The van der Waals surface area contributed by atoms with Crippen LogP contribution in [-0.2, 0) is 11.8 Å². The van der Waals surface area contributed by atoms with Crippen LogP contribution in [0.4, 0.5) is 11.4 Å². The SMILES string of the molecule is C1=Cc2c(c(Nc3ccc4c(c3)C3(c5ccccc5-c5ccccc53)c3ccccc3-4)cc3ccccc23)CC1. The molecule has 0 unspecified atom stereocenters. The maximum atomic E-state index is 3.90. The fourth-order valence-corrected chi connectivity index (χ4v) is 7.75. The van der Waals surface area contributed by atoms with Crippen LogP contribution in [0.25, 0.3) is 39.1 Å². The van der Waals surface area contributed by atoms with Gasteiger partial charge in [-0.3, -0.25) is 0 Å². The Kier molecular flexibility index (Phi) is 4.43. The molecule has 0 saturated carbocycles. The third kappa shape index (κ3) is 2.77. The zero-order valence-corrected chi connectivity index (χ0v) is 22.1. The van der Waals surface area contributed by atoms with E-state index in [2.05, 4.69) is 139 Å². The summed E-state index contributed by atoms with van der Waals surface area (Å²) in [6, 6.07) is 45.1. The van der Waals surface area contributed by atoms with Gasteiger partial charge in [-0.2, -0.15) is 0 Å². The van der Waals surface area contributed by atoms with Gasteiger partial charge in [0.2, 0.25) is 0 Å². The highest BCUT2D eigenvalue weighted by Gasteiger charge is 2.51. The van der Waals surface area contributed by atoms with E-state index in [0.717, 1.165) is 18.5 Å². The zero-order valence-electron chi connectivity index (χ0n) is 22.1. The third-order valence-electron chi connectivity index (χ3n) is 9.32. The van der Waals surface area contributed by atoms with Crippen LogP contribution in [0, 0.1) is 0 Å². The maximum Gasteiger partial charge on any atom is 0.0726 e. The molecular weight excluding hydrogens is 482 g/mol. The summed E-state index contributed by atoms with van der Waals surface area (Å²) < 4.78 is 0. The standard InChI is InChI=1S/C39H27N/c1-2-12-27-25(11-1)23-38(33-17-4-3-13-28(27)33)40-26-21-22-32-31-16-7-10-20-36(31)39(37(32)24-26)34-18-8-5-14-29(34)30-15-6-9-19-35(30)39/h1-3,5-16,18-24,40H,4,17H2. The number of benzene rings is 6. The highest BCUT2D eigenvalue weighted by Crippen LogP contribution is 2.63. The molecule has 6 aromatic rings. The van der Waals surface area contributed by atoms with Crippen LogP contribution in [0.15, 0.2) is 127 Å². The van der Waals surface area contributed by atoms with Crippen LogP contribution in [0.5, 0.6) is 0 Å². The Hall–Kier alpha value is -4.88. The average molecular weight is 510 g/mol. The van der Waals surface area contributed by atoms with Gasteiger partial charge in [-0.25, -0.2) is 0 Å². The van der Waals surface area contributed by atoms with Crippen LogP contribution >= 0.6 is 0 Å². The first-order valence-corrected chi connectivity index (χ1v) is 14.3. The summed E-state index contributed by atoms with van der Waals surface area (Å²) in [5.41, 5.74) is 15.7. The minimum atomic E-state index is -0.317. The molecule has 188 valence electrons. The number of fused-ring (bicyclic) bond motifs is 13. The summed E-state index contributed by atoms with van der Waals surface area (Å²) >= 11 is 0. The van der Waals surface area contributed by atoms with Gasteiger partial charge in [0.15, 0.2) is 0 Å². The zero-order chi connectivity index (χ0) is 26.3. The number of allylic oxidation sites excluding steroid dienone is 1. The van der Waals surface area contributed by atoms with Crippen molar-refractivity contribution in [2.45, 2.75) is 18.3 Å². The van der Waals surface area contributed by atoms with Crippen molar-refractivity contribution in [1.82, 2.24) is 0 Å². The molecule has 0 radical (unpaired) electrons. The third-order valence-corrected chi connectivity index (χ3v) is 9.32. The molecule has 0 heterocycles. The first kappa shape index (κ1) is 22.0. The Morgan fingerprint density at radius 2 is 1.15 bits per heavy atom. The molecule has 3 aliphatic rings. The topological polar surface area (TPSA) is 12.0 Å². The molecule has 9 rings (SSSR count). The lowest BCUT2D eigenvalue weighted by atomic mass is 9.70. The Labute approximate surface area is 234 Å². The van der Waals surface area contributed by atoms with Crippen LogP contribution in [-0.4, -0.2) is 0 Å². The van der Waals surface area contributed by atoms with E-state index in [1.165, 1.54) is 72.1 Å². The molecule has 0 amide bonds. The lowest BCUT2D eigenvalue weighted by molar-refractivity contribution is 0.794. The summed E-state index contributed by atoms with van der Waals surface area (Å²) in [5, 5.41) is 6.51. The molecule has 1 N–H and O–H groups in total. The van der Waals surface area contributed by atoms with Crippen molar-refractivity contribution in [3.63, 3.8) is 0 Å². The number of nitrogens with one attached hydrogen (secondary N) is 1. The van der Waals surface area contributed by atoms with Gasteiger partial charge in [0.05, 0.1) is 5.41 Å². The number of anilines is 2. The Balaban J connectivity index is 1.28. The van der Waals surface area contributed by atoms with Gasteiger partial charge < -0.3 is 5.32 Å². The van der Waals surface area contributed by atoms with Crippen molar-refractivity contribution in [2.75, 3.05) is 5.32 Å².